The molecule has 4 unspecified atom stereocenters. The van der Waals surface area contributed by atoms with Crippen LogP contribution in [0.3, 0.4) is 0 Å². The summed E-state index contributed by atoms with van der Waals surface area (Å²) in [5, 5.41) is 20.1. The van der Waals surface area contributed by atoms with Crippen molar-refractivity contribution < 1.29 is 19.8 Å². The van der Waals surface area contributed by atoms with E-state index >= 15 is 0 Å². The lowest BCUT2D eigenvalue weighted by atomic mass is 9.52. The van der Waals surface area contributed by atoms with Crippen LogP contribution in [0.4, 0.5) is 0 Å². The van der Waals surface area contributed by atoms with Gasteiger partial charge >= 0.3 is 11.9 Å². The third kappa shape index (κ3) is 2.02. The Morgan fingerprint density at radius 2 is 1.29 bits per heavy atom. The summed E-state index contributed by atoms with van der Waals surface area (Å²) in [4.78, 5) is 24.5. The molecule has 2 N–H and O–H groups in total. The second-order valence-corrected chi connectivity index (χ2v) is 7.58. The Balaban J connectivity index is 2.65. The summed E-state index contributed by atoms with van der Waals surface area (Å²) in [5.41, 5.74) is -2.34. The lowest BCUT2D eigenvalue weighted by Crippen LogP contribution is -2.56. The number of aliphatic carboxylic acids is 2. The van der Waals surface area contributed by atoms with Crippen molar-refractivity contribution in [2.75, 3.05) is 0 Å². The van der Waals surface area contributed by atoms with Gasteiger partial charge in [-0.25, -0.2) is 0 Å². The fourth-order valence-electron chi connectivity index (χ4n) is 4.92. The van der Waals surface area contributed by atoms with E-state index in [-0.39, 0.29) is 23.7 Å². The average molecular weight is 294 g/mol. The molecule has 4 heteroatoms. The topological polar surface area (TPSA) is 74.6 Å². The number of carboxylic acid groups (broad SMARTS) is 2. The summed E-state index contributed by atoms with van der Waals surface area (Å²) in [5.74, 6) is -1.87. The van der Waals surface area contributed by atoms with Gasteiger partial charge in [0.25, 0.3) is 0 Å². The maximum Gasteiger partial charge on any atom is 0.311 e. The monoisotopic (exact) mass is 294 g/mol. The van der Waals surface area contributed by atoms with Gasteiger partial charge in [0.15, 0.2) is 0 Å². The number of hydrogen-bond donors (Lipinski definition) is 2. The minimum atomic E-state index is -1.17. The summed E-state index contributed by atoms with van der Waals surface area (Å²) < 4.78 is 0. The molecule has 21 heavy (non-hydrogen) atoms. The van der Waals surface area contributed by atoms with Crippen molar-refractivity contribution >= 4 is 11.9 Å². The minimum absolute atomic E-state index is 0.153. The Kier molecular flexibility index (Phi) is 3.94. The van der Waals surface area contributed by atoms with Gasteiger partial charge in [0, 0.05) is 0 Å². The molecule has 2 rings (SSSR count). The number of rotatable bonds is 6. The minimum Gasteiger partial charge on any atom is -0.481 e. The predicted molar refractivity (Wildman–Crippen MR) is 79.8 cm³/mol. The van der Waals surface area contributed by atoms with Gasteiger partial charge in [-0.15, -0.1) is 0 Å². The highest BCUT2D eigenvalue weighted by atomic mass is 16.4. The van der Waals surface area contributed by atoms with Gasteiger partial charge in [0.2, 0.25) is 0 Å². The Morgan fingerprint density at radius 1 is 0.952 bits per heavy atom. The van der Waals surface area contributed by atoms with Crippen molar-refractivity contribution in [3.8, 4) is 0 Å². The standard InChI is InChI=1S/C17H26O4/c1-10(2)8-16(14(18)19)12-5-6-13(7-12)17(16,15(20)21)9-11(3)4/h5-6,10-13H,7-9H2,1-4H3,(H,18,19)(H,20,21). The van der Waals surface area contributed by atoms with Gasteiger partial charge < -0.3 is 10.2 Å². The zero-order chi connectivity index (χ0) is 16.0. The Hall–Kier alpha value is -1.32. The first-order valence-corrected chi connectivity index (χ1v) is 7.83. The highest BCUT2D eigenvalue weighted by Crippen LogP contribution is 2.68. The van der Waals surface area contributed by atoms with Crippen LogP contribution < -0.4 is 0 Å². The van der Waals surface area contributed by atoms with Crippen LogP contribution in [0.15, 0.2) is 12.2 Å². The van der Waals surface area contributed by atoms with Crippen molar-refractivity contribution in [1.29, 1.82) is 0 Å². The molecule has 2 bridgehead atoms. The number of carbonyl (C=O) groups is 2. The quantitative estimate of drug-likeness (QED) is 0.736. The van der Waals surface area contributed by atoms with E-state index in [0.717, 1.165) is 0 Å². The van der Waals surface area contributed by atoms with Crippen molar-refractivity contribution in [3.63, 3.8) is 0 Å². The number of fused-ring (bicyclic) bond motifs is 2. The highest BCUT2D eigenvalue weighted by molar-refractivity contribution is 5.89. The molecule has 118 valence electrons. The maximum absolute atomic E-state index is 12.3. The predicted octanol–water partition coefficient (Wildman–Crippen LogP) is 3.43. The molecule has 0 spiro atoms. The normalized spacial score (nSPS) is 37.6. The van der Waals surface area contributed by atoms with Gasteiger partial charge in [-0.2, -0.15) is 0 Å². The Labute approximate surface area is 126 Å². The van der Waals surface area contributed by atoms with Crippen LogP contribution in [0.2, 0.25) is 0 Å². The fraction of sp³-hybridized carbons (Fsp3) is 0.765. The van der Waals surface area contributed by atoms with Gasteiger partial charge in [-0.1, -0.05) is 39.8 Å². The van der Waals surface area contributed by atoms with E-state index in [1.54, 1.807) is 0 Å². The van der Waals surface area contributed by atoms with Gasteiger partial charge in [-0.3, -0.25) is 9.59 Å². The summed E-state index contributed by atoms with van der Waals surface area (Å²) in [6.45, 7) is 7.90. The van der Waals surface area contributed by atoms with Crippen molar-refractivity contribution in [2.24, 2.45) is 34.5 Å². The van der Waals surface area contributed by atoms with E-state index in [2.05, 4.69) is 0 Å². The van der Waals surface area contributed by atoms with Crippen LogP contribution in [0.1, 0.15) is 47.0 Å². The molecule has 1 fully saturated rings. The highest BCUT2D eigenvalue weighted by Gasteiger charge is 2.72. The maximum atomic E-state index is 12.3. The molecule has 0 radical (unpaired) electrons. The average Bonchev–Trinajstić information content (AvgIpc) is 2.89. The van der Waals surface area contributed by atoms with Gasteiger partial charge in [0.1, 0.15) is 0 Å². The van der Waals surface area contributed by atoms with E-state index in [0.29, 0.717) is 19.3 Å². The first kappa shape index (κ1) is 16.1. The van der Waals surface area contributed by atoms with Gasteiger partial charge in [-0.05, 0) is 42.9 Å². The summed E-state index contributed by atoms with van der Waals surface area (Å²) >= 11 is 0. The second kappa shape index (κ2) is 5.15. The SMILES string of the molecule is CC(C)CC1(C(=O)O)C2C=CC(C2)C1(CC(C)C)C(=O)O. The molecule has 2 aliphatic rings. The zero-order valence-electron chi connectivity index (χ0n) is 13.3. The van der Waals surface area contributed by atoms with Crippen LogP contribution in [-0.4, -0.2) is 22.2 Å². The molecule has 0 amide bonds. The van der Waals surface area contributed by atoms with Crippen LogP contribution in [0, 0.1) is 34.5 Å². The van der Waals surface area contributed by atoms with Crippen LogP contribution >= 0.6 is 0 Å². The molecule has 1 saturated carbocycles. The first-order chi connectivity index (χ1) is 9.68. The van der Waals surface area contributed by atoms with E-state index < -0.39 is 22.8 Å². The zero-order valence-corrected chi connectivity index (χ0v) is 13.3. The Bertz CT molecular complexity index is 437. The second-order valence-electron chi connectivity index (χ2n) is 7.58. The summed E-state index contributed by atoms with van der Waals surface area (Å²) in [7, 11) is 0. The first-order valence-electron chi connectivity index (χ1n) is 7.83. The fourth-order valence-corrected chi connectivity index (χ4v) is 4.92. The number of hydrogen-bond acceptors (Lipinski definition) is 2. The molecule has 0 aromatic heterocycles. The number of carboxylic acids is 2. The summed E-state index contributed by atoms with van der Waals surface area (Å²) in [6.07, 6.45) is 5.41. The molecule has 0 aromatic rings. The molecular formula is C17H26O4. The molecule has 0 heterocycles. The van der Waals surface area contributed by atoms with E-state index in [1.165, 1.54) is 0 Å². The lowest BCUT2D eigenvalue weighted by Gasteiger charge is -2.47. The molecule has 4 nitrogen and oxygen atoms in total. The third-order valence-electron chi connectivity index (χ3n) is 5.37. The van der Waals surface area contributed by atoms with E-state index in [1.807, 2.05) is 39.8 Å². The van der Waals surface area contributed by atoms with Crippen molar-refractivity contribution in [2.45, 2.75) is 47.0 Å². The van der Waals surface area contributed by atoms with Crippen molar-refractivity contribution in [1.82, 2.24) is 0 Å². The molecule has 0 aromatic carbocycles. The third-order valence-corrected chi connectivity index (χ3v) is 5.37. The van der Waals surface area contributed by atoms with Crippen LogP contribution in [0.5, 0.6) is 0 Å². The van der Waals surface area contributed by atoms with E-state index in [4.69, 9.17) is 0 Å². The molecule has 0 saturated heterocycles. The van der Waals surface area contributed by atoms with Crippen LogP contribution in [0.25, 0.3) is 0 Å². The molecule has 2 aliphatic carbocycles. The lowest BCUT2D eigenvalue weighted by molar-refractivity contribution is -0.180. The van der Waals surface area contributed by atoms with Gasteiger partial charge in [0.05, 0.1) is 10.8 Å². The van der Waals surface area contributed by atoms with Crippen molar-refractivity contribution in [3.05, 3.63) is 12.2 Å². The Morgan fingerprint density at radius 3 is 1.52 bits per heavy atom. The molecular weight excluding hydrogens is 268 g/mol. The van der Waals surface area contributed by atoms with E-state index in [9.17, 15) is 19.8 Å². The molecule has 4 atom stereocenters. The molecule has 0 aliphatic heterocycles. The number of allylic oxidation sites excluding steroid dienone is 2. The van der Waals surface area contributed by atoms with Crippen LogP contribution in [-0.2, 0) is 9.59 Å². The largest absolute Gasteiger partial charge is 0.481 e. The smallest absolute Gasteiger partial charge is 0.311 e. The summed E-state index contributed by atoms with van der Waals surface area (Å²) in [6, 6.07) is 0.